The number of amides is 2. The first-order valence-electron chi connectivity index (χ1n) is 7.82. The predicted molar refractivity (Wildman–Crippen MR) is 86.6 cm³/mol. The standard InChI is InChI=1S/C17H22N4O2/c1-19-16(22)13-20-8-10-21(11-9-20)17(23)7-6-14-2-4-15(12-18)5-3-14/h2-5H,6-11,13H2,1H3,(H,19,22). The molecule has 2 amide bonds. The molecule has 1 N–H and O–H groups in total. The molecule has 1 aliphatic rings. The van der Waals surface area contributed by atoms with Gasteiger partial charge in [0.25, 0.3) is 0 Å². The third-order valence-electron chi connectivity index (χ3n) is 4.08. The second-order valence-electron chi connectivity index (χ2n) is 5.64. The maximum atomic E-state index is 12.3. The van der Waals surface area contributed by atoms with Crippen molar-refractivity contribution < 1.29 is 9.59 Å². The highest BCUT2D eigenvalue weighted by molar-refractivity contribution is 5.78. The summed E-state index contributed by atoms with van der Waals surface area (Å²) in [6.45, 7) is 3.20. The molecule has 0 saturated carbocycles. The zero-order valence-electron chi connectivity index (χ0n) is 13.4. The smallest absolute Gasteiger partial charge is 0.233 e. The average molecular weight is 314 g/mol. The van der Waals surface area contributed by atoms with Crippen LogP contribution in [0.15, 0.2) is 24.3 Å². The molecule has 0 aliphatic carbocycles. The summed E-state index contributed by atoms with van der Waals surface area (Å²) in [5.74, 6) is 0.152. The fourth-order valence-corrected chi connectivity index (χ4v) is 2.59. The van der Waals surface area contributed by atoms with Crippen molar-refractivity contribution in [2.45, 2.75) is 12.8 Å². The molecule has 1 aromatic rings. The molecular formula is C17H22N4O2. The number of carbonyl (C=O) groups excluding carboxylic acids is 2. The van der Waals surface area contributed by atoms with Gasteiger partial charge in [0, 0.05) is 39.6 Å². The minimum atomic E-state index is 0.00518. The molecule has 2 rings (SSSR count). The molecule has 6 heteroatoms. The van der Waals surface area contributed by atoms with Gasteiger partial charge in [-0.15, -0.1) is 0 Å². The van der Waals surface area contributed by atoms with Crippen molar-refractivity contribution in [1.29, 1.82) is 5.26 Å². The lowest BCUT2D eigenvalue weighted by molar-refractivity contribution is -0.133. The number of piperazine rings is 1. The van der Waals surface area contributed by atoms with Gasteiger partial charge in [-0.1, -0.05) is 12.1 Å². The van der Waals surface area contributed by atoms with E-state index >= 15 is 0 Å². The fourth-order valence-electron chi connectivity index (χ4n) is 2.59. The molecule has 0 unspecified atom stereocenters. The number of benzene rings is 1. The Labute approximate surface area is 136 Å². The van der Waals surface area contributed by atoms with Gasteiger partial charge in [0.05, 0.1) is 18.2 Å². The van der Waals surface area contributed by atoms with Crippen molar-refractivity contribution in [1.82, 2.24) is 15.1 Å². The zero-order valence-corrected chi connectivity index (χ0v) is 13.4. The molecule has 0 aromatic heterocycles. The summed E-state index contributed by atoms with van der Waals surface area (Å²) in [6.07, 6.45) is 1.16. The second kappa shape index (κ2) is 8.30. The number of nitrogens with zero attached hydrogens (tertiary/aromatic N) is 3. The van der Waals surface area contributed by atoms with Crippen LogP contribution in [0.25, 0.3) is 0 Å². The summed E-state index contributed by atoms with van der Waals surface area (Å²) in [5.41, 5.74) is 1.70. The van der Waals surface area contributed by atoms with E-state index in [1.165, 1.54) is 0 Å². The van der Waals surface area contributed by atoms with Crippen LogP contribution in [0.5, 0.6) is 0 Å². The van der Waals surface area contributed by atoms with Gasteiger partial charge in [-0.25, -0.2) is 0 Å². The van der Waals surface area contributed by atoms with Crippen LogP contribution in [0.4, 0.5) is 0 Å². The van der Waals surface area contributed by atoms with Crippen molar-refractivity contribution in [2.75, 3.05) is 39.8 Å². The van der Waals surface area contributed by atoms with Gasteiger partial charge < -0.3 is 10.2 Å². The topological polar surface area (TPSA) is 76.4 Å². The molecule has 23 heavy (non-hydrogen) atoms. The van der Waals surface area contributed by atoms with Crippen LogP contribution in [0.1, 0.15) is 17.5 Å². The van der Waals surface area contributed by atoms with Crippen LogP contribution < -0.4 is 5.32 Å². The summed E-state index contributed by atoms with van der Waals surface area (Å²) in [7, 11) is 1.63. The summed E-state index contributed by atoms with van der Waals surface area (Å²) in [5, 5.41) is 11.4. The number of nitriles is 1. The van der Waals surface area contributed by atoms with Gasteiger partial charge in [-0.05, 0) is 24.1 Å². The first-order chi connectivity index (χ1) is 11.1. The molecule has 122 valence electrons. The third kappa shape index (κ3) is 5.08. The SMILES string of the molecule is CNC(=O)CN1CCN(C(=O)CCc2ccc(C#N)cc2)CC1. The Morgan fingerprint density at radius 3 is 2.39 bits per heavy atom. The number of hydrogen-bond acceptors (Lipinski definition) is 4. The Kier molecular flexibility index (Phi) is 6.12. The lowest BCUT2D eigenvalue weighted by Crippen LogP contribution is -2.50. The first kappa shape index (κ1) is 17.0. The number of rotatable bonds is 5. The number of carbonyl (C=O) groups is 2. The quantitative estimate of drug-likeness (QED) is 0.852. The molecular weight excluding hydrogens is 292 g/mol. The van der Waals surface area contributed by atoms with Crippen molar-refractivity contribution in [3.8, 4) is 6.07 Å². The monoisotopic (exact) mass is 314 g/mol. The maximum absolute atomic E-state index is 12.3. The van der Waals surface area contributed by atoms with Gasteiger partial charge >= 0.3 is 0 Å². The summed E-state index contributed by atoms with van der Waals surface area (Å²) >= 11 is 0. The average Bonchev–Trinajstić information content (AvgIpc) is 2.60. The predicted octanol–water partition coefficient (Wildman–Crippen LogP) is 0.381. The molecule has 1 heterocycles. The van der Waals surface area contributed by atoms with E-state index in [2.05, 4.69) is 16.3 Å². The van der Waals surface area contributed by atoms with E-state index in [1.807, 2.05) is 17.0 Å². The highest BCUT2D eigenvalue weighted by Gasteiger charge is 2.21. The molecule has 0 radical (unpaired) electrons. The van der Waals surface area contributed by atoms with Gasteiger partial charge in [-0.2, -0.15) is 5.26 Å². The van der Waals surface area contributed by atoms with E-state index in [4.69, 9.17) is 5.26 Å². The van der Waals surface area contributed by atoms with E-state index in [1.54, 1.807) is 19.2 Å². The Hall–Kier alpha value is -2.39. The third-order valence-corrected chi connectivity index (χ3v) is 4.08. The van der Waals surface area contributed by atoms with E-state index in [-0.39, 0.29) is 11.8 Å². The largest absolute Gasteiger partial charge is 0.358 e. The van der Waals surface area contributed by atoms with Gasteiger partial charge in [0.15, 0.2) is 0 Å². The first-order valence-corrected chi connectivity index (χ1v) is 7.82. The van der Waals surface area contributed by atoms with Crippen LogP contribution in [-0.2, 0) is 16.0 Å². The van der Waals surface area contributed by atoms with Crippen LogP contribution in [0, 0.1) is 11.3 Å². The highest BCUT2D eigenvalue weighted by atomic mass is 16.2. The van der Waals surface area contributed by atoms with E-state index in [0.29, 0.717) is 38.0 Å². The zero-order chi connectivity index (χ0) is 16.7. The lowest BCUT2D eigenvalue weighted by Gasteiger charge is -2.34. The van der Waals surface area contributed by atoms with Gasteiger partial charge in [-0.3, -0.25) is 14.5 Å². The number of aryl methyl sites for hydroxylation is 1. The Balaban J connectivity index is 1.74. The van der Waals surface area contributed by atoms with E-state index in [0.717, 1.165) is 18.7 Å². The van der Waals surface area contributed by atoms with Crippen LogP contribution in [0.3, 0.4) is 0 Å². The minimum Gasteiger partial charge on any atom is -0.358 e. The molecule has 1 aliphatic heterocycles. The highest BCUT2D eigenvalue weighted by Crippen LogP contribution is 2.09. The molecule has 0 bridgehead atoms. The summed E-state index contributed by atoms with van der Waals surface area (Å²) in [4.78, 5) is 27.5. The van der Waals surface area contributed by atoms with Crippen molar-refractivity contribution in [3.63, 3.8) is 0 Å². The van der Waals surface area contributed by atoms with Crippen molar-refractivity contribution >= 4 is 11.8 Å². The number of hydrogen-bond donors (Lipinski definition) is 1. The number of likely N-dealkylation sites (N-methyl/N-ethyl adjacent to an activating group) is 1. The molecule has 1 aromatic carbocycles. The Bertz CT molecular complexity index is 584. The molecule has 0 spiro atoms. The van der Waals surface area contributed by atoms with Crippen LogP contribution >= 0.6 is 0 Å². The van der Waals surface area contributed by atoms with Gasteiger partial charge in [0.1, 0.15) is 0 Å². The molecule has 1 fully saturated rings. The van der Waals surface area contributed by atoms with Crippen molar-refractivity contribution in [3.05, 3.63) is 35.4 Å². The van der Waals surface area contributed by atoms with Gasteiger partial charge in [0.2, 0.25) is 11.8 Å². The molecule has 1 saturated heterocycles. The molecule has 6 nitrogen and oxygen atoms in total. The van der Waals surface area contributed by atoms with Crippen molar-refractivity contribution in [2.24, 2.45) is 0 Å². The number of nitrogens with one attached hydrogen (secondary N) is 1. The Morgan fingerprint density at radius 1 is 1.17 bits per heavy atom. The lowest BCUT2D eigenvalue weighted by atomic mass is 10.1. The minimum absolute atomic E-state index is 0.00518. The van der Waals surface area contributed by atoms with Crippen LogP contribution in [0.2, 0.25) is 0 Å². The normalized spacial score (nSPS) is 15.0. The van der Waals surface area contributed by atoms with Crippen LogP contribution in [-0.4, -0.2) is 61.4 Å². The summed E-state index contributed by atoms with van der Waals surface area (Å²) in [6, 6.07) is 9.43. The fraction of sp³-hybridized carbons (Fsp3) is 0.471. The maximum Gasteiger partial charge on any atom is 0.233 e. The summed E-state index contributed by atoms with van der Waals surface area (Å²) < 4.78 is 0. The molecule has 0 atom stereocenters. The second-order valence-corrected chi connectivity index (χ2v) is 5.64. The Morgan fingerprint density at radius 2 is 1.83 bits per heavy atom. The van der Waals surface area contributed by atoms with E-state index < -0.39 is 0 Å². The van der Waals surface area contributed by atoms with E-state index in [9.17, 15) is 9.59 Å².